The highest BCUT2D eigenvalue weighted by atomic mass is 19.4. The van der Waals surface area contributed by atoms with E-state index in [9.17, 15) is 13.2 Å². The molecule has 2 heterocycles. The molecule has 0 aromatic carbocycles. The monoisotopic (exact) mass is 287 g/mol. The molecule has 0 aliphatic carbocycles. The molecular formula is C14H20F3N3. The van der Waals surface area contributed by atoms with Crippen LogP contribution in [0.5, 0.6) is 0 Å². The second kappa shape index (κ2) is 6.43. The maximum atomic E-state index is 12.9. The van der Waals surface area contributed by atoms with E-state index in [0.29, 0.717) is 25.3 Å². The lowest BCUT2D eigenvalue weighted by atomic mass is 9.97. The molecule has 0 bridgehead atoms. The van der Waals surface area contributed by atoms with Gasteiger partial charge in [0, 0.05) is 31.4 Å². The van der Waals surface area contributed by atoms with E-state index in [1.165, 1.54) is 0 Å². The van der Waals surface area contributed by atoms with Crippen LogP contribution >= 0.6 is 0 Å². The molecule has 0 spiro atoms. The third-order valence-electron chi connectivity index (χ3n) is 3.62. The Morgan fingerprint density at radius 2 is 2.25 bits per heavy atom. The Labute approximate surface area is 117 Å². The quantitative estimate of drug-likeness (QED) is 0.923. The number of hydrogen-bond acceptors (Lipinski definition) is 3. The van der Waals surface area contributed by atoms with Gasteiger partial charge in [-0.3, -0.25) is 0 Å². The minimum absolute atomic E-state index is 0.0135. The van der Waals surface area contributed by atoms with E-state index in [0.717, 1.165) is 12.1 Å². The molecule has 20 heavy (non-hydrogen) atoms. The summed E-state index contributed by atoms with van der Waals surface area (Å²) in [4.78, 5) is 6.06. The number of rotatable bonds is 4. The average molecular weight is 287 g/mol. The second-order valence-corrected chi connectivity index (χ2v) is 5.09. The van der Waals surface area contributed by atoms with E-state index in [4.69, 9.17) is 0 Å². The van der Waals surface area contributed by atoms with Gasteiger partial charge in [-0.25, -0.2) is 4.98 Å². The Morgan fingerprint density at radius 1 is 1.45 bits per heavy atom. The van der Waals surface area contributed by atoms with Crippen LogP contribution in [-0.2, 0) is 6.54 Å². The van der Waals surface area contributed by atoms with Gasteiger partial charge in [0.1, 0.15) is 5.82 Å². The van der Waals surface area contributed by atoms with Crippen LogP contribution in [0, 0.1) is 5.92 Å². The number of nitrogens with zero attached hydrogens (tertiary/aromatic N) is 2. The molecule has 1 aromatic rings. The van der Waals surface area contributed by atoms with Crippen LogP contribution in [0.25, 0.3) is 0 Å². The number of nitrogens with one attached hydrogen (secondary N) is 1. The molecule has 1 unspecified atom stereocenters. The van der Waals surface area contributed by atoms with Crippen LogP contribution in [0.3, 0.4) is 0 Å². The molecule has 0 amide bonds. The molecule has 112 valence electrons. The minimum Gasteiger partial charge on any atom is -0.356 e. The Morgan fingerprint density at radius 3 is 2.95 bits per heavy atom. The molecule has 1 N–H and O–H groups in total. The maximum Gasteiger partial charge on any atom is 0.393 e. The van der Waals surface area contributed by atoms with Crippen molar-refractivity contribution in [3.8, 4) is 0 Å². The first-order valence-electron chi connectivity index (χ1n) is 6.98. The van der Waals surface area contributed by atoms with Crippen molar-refractivity contribution in [2.75, 3.05) is 24.5 Å². The summed E-state index contributed by atoms with van der Waals surface area (Å²) in [5.41, 5.74) is 0.956. The third-order valence-corrected chi connectivity index (χ3v) is 3.62. The zero-order valence-corrected chi connectivity index (χ0v) is 11.6. The summed E-state index contributed by atoms with van der Waals surface area (Å²) >= 11 is 0. The highest BCUT2D eigenvalue weighted by Crippen LogP contribution is 2.34. The predicted octanol–water partition coefficient (Wildman–Crippen LogP) is 2.97. The normalized spacial score (nSPS) is 20.2. The topological polar surface area (TPSA) is 28.2 Å². The lowest BCUT2D eigenvalue weighted by Crippen LogP contribution is -2.42. The van der Waals surface area contributed by atoms with Crippen LogP contribution in [0.1, 0.15) is 25.3 Å². The lowest BCUT2D eigenvalue weighted by molar-refractivity contribution is -0.176. The Hall–Kier alpha value is -1.30. The van der Waals surface area contributed by atoms with Crippen molar-refractivity contribution in [3.63, 3.8) is 0 Å². The number of pyridine rings is 1. The van der Waals surface area contributed by atoms with Crippen molar-refractivity contribution >= 4 is 5.82 Å². The zero-order valence-electron chi connectivity index (χ0n) is 11.6. The fourth-order valence-corrected chi connectivity index (χ4v) is 2.55. The van der Waals surface area contributed by atoms with Crippen LogP contribution in [0.15, 0.2) is 18.3 Å². The number of hydrogen-bond donors (Lipinski definition) is 1. The fraction of sp³-hybridized carbons (Fsp3) is 0.643. The Kier molecular flexibility index (Phi) is 4.86. The summed E-state index contributed by atoms with van der Waals surface area (Å²) in [6.45, 7) is 4.10. The standard InChI is InChI=1S/C14H20F3N3/c1-2-18-9-11-5-3-7-19-13(11)20-8-4-6-12(10-20)14(15,16)17/h3,5,7,12,18H,2,4,6,8-10H2,1H3. The van der Waals surface area contributed by atoms with Gasteiger partial charge >= 0.3 is 6.18 Å². The SMILES string of the molecule is CCNCc1cccnc1N1CCCC(C(F)(F)F)C1. The van der Waals surface area contributed by atoms with Gasteiger partial charge in [-0.1, -0.05) is 13.0 Å². The molecule has 3 nitrogen and oxygen atoms in total. The molecule has 1 aliphatic heterocycles. The van der Waals surface area contributed by atoms with Gasteiger partial charge in [-0.2, -0.15) is 13.2 Å². The molecule has 2 rings (SSSR count). The highest BCUT2D eigenvalue weighted by molar-refractivity contribution is 5.47. The molecule has 1 saturated heterocycles. The van der Waals surface area contributed by atoms with Crippen molar-refractivity contribution in [1.29, 1.82) is 0 Å². The number of alkyl halides is 3. The van der Waals surface area contributed by atoms with Gasteiger partial charge in [0.15, 0.2) is 0 Å². The summed E-state index contributed by atoms with van der Waals surface area (Å²) < 4.78 is 38.6. The van der Waals surface area contributed by atoms with E-state index in [1.54, 1.807) is 11.1 Å². The number of anilines is 1. The predicted molar refractivity (Wildman–Crippen MR) is 72.6 cm³/mol. The smallest absolute Gasteiger partial charge is 0.356 e. The van der Waals surface area contributed by atoms with E-state index < -0.39 is 12.1 Å². The fourth-order valence-electron chi connectivity index (χ4n) is 2.55. The molecule has 1 aliphatic rings. The summed E-state index contributed by atoms with van der Waals surface area (Å²) in [6.07, 6.45) is -1.70. The Balaban J connectivity index is 2.14. The Bertz CT molecular complexity index is 434. The molecule has 1 aromatic heterocycles. The van der Waals surface area contributed by atoms with Gasteiger partial charge in [-0.15, -0.1) is 0 Å². The van der Waals surface area contributed by atoms with Gasteiger partial charge in [-0.05, 0) is 25.5 Å². The van der Waals surface area contributed by atoms with Crippen molar-refractivity contribution < 1.29 is 13.2 Å². The van der Waals surface area contributed by atoms with Crippen molar-refractivity contribution in [1.82, 2.24) is 10.3 Å². The maximum absolute atomic E-state index is 12.9. The van der Waals surface area contributed by atoms with Crippen LogP contribution in [0.4, 0.5) is 19.0 Å². The van der Waals surface area contributed by atoms with Crippen LogP contribution in [-0.4, -0.2) is 30.8 Å². The highest BCUT2D eigenvalue weighted by Gasteiger charge is 2.42. The lowest BCUT2D eigenvalue weighted by Gasteiger charge is -2.35. The number of piperidine rings is 1. The summed E-state index contributed by atoms with van der Waals surface area (Å²) in [5, 5.41) is 3.20. The van der Waals surface area contributed by atoms with Crippen molar-refractivity contribution in [2.24, 2.45) is 5.92 Å². The molecule has 1 fully saturated rings. The van der Waals surface area contributed by atoms with E-state index in [2.05, 4.69) is 10.3 Å². The third kappa shape index (κ3) is 3.62. The first-order valence-corrected chi connectivity index (χ1v) is 6.98. The molecule has 6 heteroatoms. The summed E-state index contributed by atoms with van der Waals surface area (Å²) in [7, 11) is 0. The molecular weight excluding hydrogens is 267 g/mol. The van der Waals surface area contributed by atoms with Gasteiger partial charge in [0.05, 0.1) is 5.92 Å². The van der Waals surface area contributed by atoms with Gasteiger partial charge in [0.2, 0.25) is 0 Å². The molecule has 0 saturated carbocycles. The van der Waals surface area contributed by atoms with Crippen molar-refractivity contribution in [2.45, 2.75) is 32.5 Å². The second-order valence-electron chi connectivity index (χ2n) is 5.09. The van der Waals surface area contributed by atoms with Gasteiger partial charge in [0.25, 0.3) is 0 Å². The molecule has 1 atom stereocenters. The van der Waals surface area contributed by atoms with Crippen LogP contribution in [0.2, 0.25) is 0 Å². The number of aromatic nitrogens is 1. The summed E-state index contributed by atoms with van der Waals surface area (Å²) in [5.74, 6) is -0.562. The van der Waals surface area contributed by atoms with Gasteiger partial charge < -0.3 is 10.2 Å². The van der Waals surface area contributed by atoms with Crippen LogP contribution < -0.4 is 10.2 Å². The largest absolute Gasteiger partial charge is 0.393 e. The van der Waals surface area contributed by atoms with Crippen molar-refractivity contribution in [3.05, 3.63) is 23.9 Å². The minimum atomic E-state index is -4.12. The first-order chi connectivity index (χ1) is 9.52. The first kappa shape index (κ1) is 15.1. The summed E-state index contributed by atoms with van der Waals surface area (Å²) in [6, 6.07) is 3.74. The zero-order chi connectivity index (χ0) is 14.6. The number of halogens is 3. The molecule has 0 radical (unpaired) electrons. The van der Waals surface area contributed by atoms with E-state index in [1.807, 2.05) is 19.1 Å². The van der Waals surface area contributed by atoms with E-state index >= 15 is 0 Å². The average Bonchev–Trinajstić information content (AvgIpc) is 2.45. The van der Waals surface area contributed by atoms with E-state index in [-0.39, 0.29) is 13.0 Å².